The summed E-state index contributed by atoms with van der Waals surface area (Å²) in [5.74, 6) is 0.166. The third-order valence-corrected chi connectivity index (χ3v) is 2.85. The lowest BCUT2D eigenvalue weighted by Crippen LogP contribution is -2.06. The second kappa shape index (κ2) is 4.76. The molecule has 0 fully saturated rings. The molecular formula is C8H7ClF2O3S. The topological polar surface area (TPSA) is 43.4 Å². The van der Waals surface area contributed by atoms with Crippen LogP contribution < -0.4 is 4.74 Å². The molecule has 0 aliphatic heterocycles. The van der Waals surface area contributed by atoms with Crippen LogP contribution in [-0.2, 0) is 9.05 Å². The molecule has 0 aliphatic rings. The van der Waals surface area contributed by atoms with Crippen LogP contribution in [0.2, 0.25) is 0 Å². The maximum absolute atomic E-state index is 11.7. The first-order chi connectivity index (χ1) is 6.89. The Hall–Kier alpha value is -0.880. The van der Waals surface area contributed by atoms with Crippen molar-refractivity contribution < 1.29 is 21.9 Å². The molecule has 3 nitrogen and oxygen atoms in total. The Balaban J connectivity index is 2.73. The minimum absolute atomic E-state index is 0.103. The zero-order chi connectivity index (χ0) is 11.5. The second-order valence-electron chi connectivity index (χ2n) is 2.61. The SMILES string of the molecule is O=S(=O)(Cl)c1ccc(OCC(F)F)cc1. The maximum atomic E-state index is 11.7. The predicted octanol–water partition coefficient (Wildman–Crippen LogP) is 2.26. The molecule has 0 spiro atoms. The van der Waals surface area contributed by atoms with E-state index in [1.807, 2.05) is 0 Å². The van der Waals surface area contributed by atoms with Gasteiger partial charge in [-0.25, -0.2) is 17.2 Å². The largest absolute Gasteiger partial charge is 0.488 e. The van der Waals surface area contributed by atoms with Gasteiger partial charge in [-0.15, -0.1) is 0 Å². The molecule has 0 aromatic heterocycles. The Labute approximate surface area is 90.0 Å². The number of benzene rings is 1. The van der Waals surface area contributed by atoms with Gasteiger partial charge in [0, 0.05) is 10.7 Å². The summed E-state index contributed by atoms with van der Waals surface area (Å²) < 4.78 is 49.8. The molecular weight excluding hydrogens is 250 g/mol. The van der Waals surface area contributed by atoms with Gasteiger partial charge in [0.25, 0.3) is 15.5 Å². The van der Waals surface area contributed by atoms with E-state index in [0.717, 1.165) is 0 Å². The molecule has 0 radical (unpaired) electrons. The molecule has 1 rings (SSSR count). The van der Waals surface area contributed by atoms with Gasteiger partial charge in [0.1, 0.15) is 12.4 Å². The van der Waals surface area contributed by atoms with E-state index in [-0.39, 0.29) is 10.6 Å². The van der Waals surface area contributed by atoms with Crippen LogP contribution >= 0.6 is 10.7 Å². The van der Waals surface area contributed by atoms with E-state index in [2.05, 4.69) is 4.74 Å². The van der Waals surface area contributed by atoms with Gasteiger partial charge in [-0.3, -0.25) is 0 Å². The van der Waals surface area contributed by atoms with Crippen LogP contribution in [0.1, 0.15) is 0 Å². The van der Waals surface area contributed by atoms with Crippen LogP contribution in [0.3, 0.4) is 0 Å². The van der Waals surface area contributed by atoms with Gasteiger partial charge in [-0.05, 0) is 24.3 Å². The monoisotopic (exact) mass is 256 g/mol. The van der Waals surface area contributed by atoms with Gasteiger partial charge >= 0.3 is 0 Å². The highest BCUT2D eigenvalue weighted by Crippen LogP contribution is 2.19. The Kier molecular flexibility index (Phi) is 3.87. The van der Waals surface area contributed by atoms with Crippen LogP contribution in [0.15, 0.2) is 29.2 Å². The highest BCUT2D eigenvalue weighted by Gasteiger charge is 2.09. The smallest absolute Gasteiger partial charge is 0.272 e. The van der Waals surface area contributed by atoms with E-state index in [1.54, 1.807) is 0 Å². The molecule has 0 N–H and O–H groups in total. The average Bonchev–Trinajstić information content (AvgIpc) is 2.14. The van der Waals surface area contributed by atoms with Crippen molar-refractivity contribution in [2.24, 2.45) is 0 Å². The lowest BCUT2D eigenvalue weighted by molar-refractivity contribution is 0.0819. The number of hydrogen-bond acceptors (Lipinski definition) is 3. The summed E-state index contributed by atoms with van der Waals surface area (Å²) in [7, 11) is 1.27. The van der Waals surface area contributed by atoms with Gasteiger partial charge in [-0.2, -0.15) is 0 Å². The first-order valence-electron chi connectivity index (χ1n) is 3.85. The molecule has 0 aliphatic carbocycles. The van der Waals surface area contributed by atoms with Crippen LogP contribution in [0.4, 0.5) is 8.78 Å². The van der Waals surface area contributed by atoms with Crippen molar-refractivity contribution in [2.45, 2.75) is 11.3 Å². The standard InChI is InChI=1S/C8H7ClF2O3S/c9-15(12,13)7-3-1-6(2-4-7)14-5-8(10)11/h1-4,8H,5H2. The number of halogens is 3. The molecule has 1 aromatic rings. The average molecular weight is 257 g/mol. The molecule has 15 heavy (non-hydrogen) atoms. The molecule has 0 saturated carbocycles. The second-order valence-corrected chi connectivity index (χ2v) is 5.18. The van der Waals surface area contributed by atoms with E-state index >= 15 is 0 Å². The molecule has 7 heteroatoms. The van der Waals surface area contributed by atoms with Gasteiger partial charge in [-0.1, -0.05) is 0 Å². The summed E-state index contributed by atoms with van der Waals surface area (Å²) in [6.45, 7) is -0.729. The predicted molar refractivity (Wildman–Crippen MR) is 51.0 cm³/mol. The quantitative estimate of drug-likeness (QED) is 0.776. The zero-order valence-corrected chi connectivity index (χ0v) is 8.93. The molecule has 0 heterocycles. The molecule has 0 bridgehead atoms. The lowest BCUT2D eigenvalue weighted by atomic mass is 10.3. The van der Waals surface area contributed by atoms with E-state index < -0.39 is 22.1 Å². The molecule has 84 valence electrons. The lowest BCUT2D eigenvalue weighted by Gasteiger charge is -2.05. The van der Waals surface area contributed by atoms with Gasteiger partial charge < -0.3 is 4.74 Å². The van der Waals surface area contributed by atoms with E-state index in [4.69, 9.17) is 10.7 Å². The van der Waals surface area contributed by atoms with Crippen LogP contribution in [0, 0.1) is 0 Å². The maximum Gasteiger partial charge on any atom is 0.272 e. The summed E-state index contributed by atoms with van der Waals surface area (Å²) in [5, 5.41) is 0. The number of ether oxygens (including phenoxy) is 1. The Morgan fingerprint density at radius 1 is 1.27 bits per heavy atom. The minimum Gasteiger partial charge on any atom is -0.488 e. The highest BCUT2D eigenvalue weighted by atomic mass is 35.7. The molecule has 1 aromatic carbocycles. The summed E-state index contributed by atoms with van der Waals surface area (Å²) in [5.41, 5.74) is 0. The summed E-state index contributed by atoms with van der Waals surface area (Å²) in [6, 6.07) is 4.89. The van der Waals surface area contributed by atoms with Crippen molar-refractivity contribution in [3.63, 3.8) is 0 Å². The van der Waals surface area contributed by atoms with Crippen LogP contribution in [0.5, 0.6) is 5.75 Å². The fourth-order valence-corrected chi connectivity index (χ4v) is 1.63. The molecule has 0 atom stereocenters. The zero-order valence-electron chi connectivity index (χ0n) is 7.36. The van der Waals surface area contributed by atoms with Crippen molar-refractivity contribution in [3.8, 4) is 5.75 Å². The normalized spacial score (nSPS) is 11.7. The minimum atomic E-state index is -3.78. The van der Waals surface area contributed by atoms with E-state index in [1.165, 1.54) is 24.3 Å². The number of hydrogen-bond donors (Lipinski definition) is 0. The van der Waals surface area contributed by atoms with E-state index in [0.29, 0.717) is 0 Å². The van der Waals surface area contributed by atoms with Crippen molar-refractivity contribution in [1.29, 1.82) is 0 Å². The highest BCUT2D eigenvalue weighted by molar-refractivity contribution is 8.13. The summed E-state index contributed by atoms with van der Waals surface area (Å²) in [6.07, 6.45) is -2.57. The fraction of sp³-hybridized carbons (Fsp3) is 0.250. The molecule has 0 amide bonds. The number of rotatable bonds is 4. The number of alkyl halides is 2. The van der Waals surface area contributed by atoms with Crippen molar-refractivity contribution in [3.05, 3.63) is 24.3 Å². The van der Waals surface area contributed by atoms with Gasteiger partial charge in [0.05, 0.1) is 4.90 Å². The first-order valence-corrected chi connectivity index (χ1v) is 6.16. The van der Waals surface area contributed by atoms with E-state index in [9.17, 15) is 17.2 Å². The fourth-order valence-electron chi connectivity index (χ4n) is 0.858. The Bertz CT molecular complexity index is 416. The van der Waals surface area contributed by atoms with Crippen molar-refractivity contribution >= 4 is 19.7 Å². The van der Waals surface area contributed by atoms with Gasteiger partial charge in [0.15, 0.2) is 0 Å². The summed E-state index contributed by atoms with van der Waals surface area (Å²) >= 11 is 0. The van der Waals surface area contributed by atoms with Crippen molar-refractivity contribution in [2.75, 3.05) is 6.61 Å². The Morgan fingerprint density at radius 2 is 1.80 bits per heavy atom. The Morgan fingerprint density at radius 3 is 2.20 bits per heavy atom. The molecule has 0 unspecified atom stereocenters. The van der Waals surface area contributed by atoms with Crippen LogP contribution in [-0.4, -0.2) is 21.5 Å². The first kappa shape index (κ1) is 12.2. The van der Waals surface area contributed by atoms with Gasteiger partial charge in [0.2, 0.25) is 0 Å². The third kappa shape index (κ3) is 4.01. The third-order valence-electron chi connectivity index (χ3n) is 1.48. The van der Waals surface area contributed by atoms with Crippen molar-refractivity contribution in [1.82, 2.24) is 0 Å². The summed E-state index contributed by atoms with van der Waals surface area (Å²) in [4.78, 5) is -0.103. The molecule has 0 saturated heterocycles. The van der Waals surface area contributed by atoms with Crippen LogP contribution in [0.25, 0.3) is 0 Å².